The summed E-state index contributed by atoms with van der Waals surface area (Å²) >= 11 is 1.27. The fourth-order valence-electron chi connectivity index (χ4n) is 2.25. The third-order valence-corrected chi connectivity index (χ3v) is 4.27. The van der Waals surface area contributed by atoms with Gasteiger partial charge in [-0.05, 0) is 31.0 Å². The minimum Gasteiger partial charge on any atom is -0.311 e. The minimum absolute atomic E-state index is 0.0793. The van der Waals surface area contributed by atoms with E-state index in [0.717, 1.165) is 11.3 Å². The van der Waals surface area contributed by atoms with Crippen LogP contribution in [0.5, 0.6) is 0 Å². The summed E-state index contributed by atoms with van der Waals surface area (Å²) < 4.78 is 0. The fourth-order valence-corrected chi connectivity index (χ4v) is 3.17. The standard InChI is InChI=1S/C14H17NO2S/c1-9-5-4-6-13(10(9)2)15-8-12(7-14(15)17)18-11(3)16/h4-6,12H,7-8H2,1-3H3. The topological polar surface area (TPSA) is 37.4 Å². The Morgan fingerprint density at radius 3 is 2.78 bits per heavy atom. The third kappa shape index (κ3) is 2.58. The van der Waals surface area contributed by atoms with Crippen molar-refractivity contribution in [2.24, 2.45) is 0 Å². The van der Waals surface area contributed by atoms with Crippen molar-refractivity contribution in [2.45, 2.75) is 32.4 Å². The number of benzene rings is 1. The largest absolute Gasteiger partial charge is 0.311 e. The first-order chi connectivity index (χ1) is 8.49. The number of aryl methyl sites for hydroxylation is 1. The summed E-state index contributed by atoms with van der Waals surface area (Å²) in [5, 5.41) is 0.172. The monoisotopic (exact) mass is 263 g/mol. The number of carbonyl (C=O) groups is 2. The number of thioether (sulfide) groups is 1. The van der Waals surface area contributed by atoms with E-state index in [4.69, 9.17) is 0 Å². The molecule has 1 aromatic rings. The smallest absolute Gasteiger partial charge is 0.228 e. The highest BCUT2D eigenvalue weighted by molar-refractivity contribution is 8.14. The second-order valence-electron chi connectivity index (χ2n) is 4.66. The number of hydrogen-bond donors (Lipinski definition) is 0. The highest BCUT2D eigenvalue weighted by atomic mass is 32.2. The molecular weight excluding hydrogens is 246 g/mol. The molecule has 0 aliphatic carbocycles. The Balaban J connectivity index is 2.22. The summed E-state index contributed by atoms with van der Waals surface area (Å²) in [5.74, 6) is 0.113. The highest BCUT2D eigenvalue weighted by Gasteiger charge is 2.32. The molecule has 1 unspecified atom stereocenters. The minimum atomic E-state index is 0.0793. The lowest BCUT2D eigenvalue weighted by Gasteiger charge is -2.20. The zero-order valence-electron chi connectivity index (χ0n) is 10.9. The maximum absolute atomic E-state index is 12.0. The zero-order chi connectivity index (χ0) is 13.3. The van der Waals surface area contributed by atoms with Crippen molar-refractivity contribution in [1.82, 2.24) is 0 Å². The van der Waals surface area contributed by atoms with Gasteiger partial charge in [0.2, 0.25) is 5.91 Å². The molecule has 1 saturated heterocycles. The van der Waals surface area contributed by atoms with Crippen molar-refractivity contribution in [3.63, 3.8) is 0 Å². The first kappa shape index (κ1) is 13.1. The Kier molecular flexibility index (Phi) is 3.76. The molecule has 4 heteroatoms. The average molecular weight is 263 g/mol. The first-order valence-corrected chi connectivity index (χ1v) is 6.91. The maximum Gasteiger partial charge on any atom is 0.228 e. The van der Waals surface area contributed by atoms with Crippen molar-refractivity contribution >= 4 is 28.5 Å². The highest BCUT2D eigenvalue weighted by Crippen LogP contribution is 2.31. The summed E-state index contributed by atoms with van der Waals surface area (Å²) in [6.45, 7) is 6.26. The van der Waals surface area contributed by atoms with E-state index in [-0.39, 0.29) is 16.3 Å². The van der Waals surface area contributed by atoms with Crippen LogP contribution in [0, 0.1) is 13.8 Å². The molecule has 0 spiro atoms. The van der Waals surface area contributed by atoms with E-state index >= 15 is 0 Å². The average Bonchev–Trinajstić information content (AvgIpc) is 2.62. The summed E-state index contributed by atoms with van der Waals surface area (Å²) in [4.78, 5) is 24.9. The van der Waals surface area contributed by atoms with E-state index in [1.165, 1.54) is 17.3 Å². The Morgan fingerprint density at radius 2 is 2.11 bits per heavy atom. The Morgan fingerprint density at radius 1 is 1.39 bits per heavy atom. The predicted molar refractivity (Wildman–Crippen MR) is 74.9 cm³/mol. The van der Waals surface area contributed by atoms with E-state index in [9.17, 15) is 9.59 Å². The van der Waals surface area contributed by atoms with Gasteiger partial charge in [-0.1, -0.05) is 23.9 Å². The molecule has 18 heavy (non-hydrogen) atoms. The zero-order valence-corrected chi connectivity index (χ0v) is 11.7. The molecule has 1 aliphatic rings. The number of anilines is 1. The molecule has 1 aromatic carbocycles. The molecule has 3 nitrogen and oxygen atoms in total. The summed E-state index contributed by atoms with van der Waals surface area (Å²) in [6, 6.07) is 5.98. The van der Waals surface area contributed by atoms with Gasteiger partial charge in [-0.15, -0.1) is 0 Å². The SMILES string of the molecule is CC(=O)SC1CC(=O)N(c2cccc(C)c2C)C1. The van der Waals surface area contributed by atoms with Gasteiger partial charge in [-0.2, -0.15) is 0 Å². The first-order valence-electron chi connectivity index (χ1n) is 6.03. The second kappa shape index (κ2) is 5.14. The van der Waals surface area contributed by atoms with Crippen LogP contribution in [0.2, 0.25) is 0 Å². The van der Waals surface area contributed by atoms with E-state index in [2.05, 4.69) is 0 Å². The summed E-state index contributed by atoms with van der Waals surface area (Å²) in [7, 11) is 0. The van der Waals surface area contributed by atoms with Gasteiger partial charge in [-0.3, -0.25) is 9.59 Å². The maximum atomic E-state index is 12.0. The fraction of sp³-hybridized carbons (Fsp3) is 0.429. The van der Waals surface area contributed by atoms with Crippen LogP contribution in [-0.2, 0) is 9.59 Å². The van der Waals surface area contributed by atoms with Crippen LogP contribution in [0.4, 0.5) is 5.69 Å². The number of nitrogens with zero attached hydrogens (tertiary/aromatic N) is 1. The van der Waals surface area contributed by atoms with E-state index in [1.54, 1.807) is 6.92 Å². The van der Waals surface area contributed by atoms with E-state index < -0.39 is 0 Å². The van der Waals surface area contributed by atoms with Crippen LogP contribution in [-0.4, -0.2) is 22.8 Å². The van der Waals surface area contributed by atoms with Crippen molar-refractivity contribution in [2.75, 3.05) is 11.4 Å². The lowest BCUT2D eigenvalue weighted by molar-refractivity contribution is -0.117. The van der Waals surface area contributed by atoms with Gasteiger partial charge < -0.3 is 4.90 Å². The van der Waals surface area contributed by atoms with Gasteiger partial charge in [0.1, 0.15) is 0 Å². The van der Waals surface area contributed by atoms with Crippen molar-refractivity contribution < 1.29 is 9.59 Å². The molecule has 1 aliphatic heterocycles. The molecular formula is C14H17NO2S. The number of hydrogen-bond acceptors (Lipinski definition) is 3. The van der Waals surface area contributed by atoms with Crippen LogP contribution in [0.25, 0.3) is 0 Å². The molecule has 1 heterocycles. The van der Waals surface area contributed by atoms with Gasteiger partial charge in [0.15, 0.2) is 5.12 Å². The van der Waals surface area contributed by atoms with Gasteiger partial charge in [-0.25, -0.2) is 0 Å². The second-order valence-corrected chi connectivity index (χ2v) is 6.14. The van der Waals surface area contributed by atoms with E-state index in [0.29, 0.717) is 13.0 Å². The molecule has 1 fully saturated rings. The number of amides is 1. The molecule has 0 radical (unpaired) electrons. The van der Waals surface area contributed by atoms with Gasteiger partial charge >= 0.3 is 0 Å². The molecule has 0 bridgehead atoms. The van der Waals surface area contributed by atoms with E-state index in [1.807, 2.05) is 36.9 Å². The molecule has 2 rings (SSSR count). The lowest BCUT2D eigenvalue weighted by atomic mass is 10.1. The van der Waals surface area contributed by atoms with Crippen molar-refractivity contribution in [3.05, 3.63) is 29.3 Å². The van der Waals surface area contributed by atoms with Crippen LogP contribution < -0.4 is 4.90 Å². The Hall–Kier alpha value is -1.29. The molecule has 1 amide bonds. The van der Waals surface area contributed by atoms with Crippen molar-refractivity contribution in [3.8, 4) is 0 Å². The molecule has 1 atom stereocenters. The molecule has 0 N–H and O–H groups in total. The van der Waals surface area contributed by atoms with Crippen LogP contribution >= 0.6 is 11.8 Å². The molecule has 96 valence electrons. The molecule has 0 aromatic heterocycles. The van der Waals surface area contributed by atoms with Gasteiger partial charge in [0, 0.05) is 30.8 Å². The summed E-state index contributed by atoms with van der Waals surface area (Å²) in [5.41, 5.74) is 3.30. The normalized spacial score (nSPS) is 19.4. The van der Waals surface area contributed by atoms with Crippen LogP contribution in [0.15, 0.2) is 18.2 Å². The lowest BCUT2D eigenvalue weighted by Crippen LogP contribution is -2.25. The predicted octanol–water partition coefficient (Wildman–Crippen LogP) is 2.69. The van der Waals surface area contributed by atoms with Crippen LogP contribution in [0.1, 0.15) is 24.5 Å². The summed E-state index contributed by atoms with van der Waals surface area (Å²) in [6.07, 6.45) is 0.456. The number of carbonyl (C=O) groups excluding carboxylic acids is 2. The Labute approximate surface area is 112 Å². The van der Waals surface area contributed by atoms with Gasteiger partial charge in [0.25, 0.3) is 0 Å². The quantitative estimate of drug-likeness (QED) is 0.823. The number of rotatable bonds is 2. The van der Waals surface area contributed by atoms with Gasteiger partial charge in [0.05, 0.1) is 0 Å². The molecule has 0 saturated carbocycles. The van der Waals surface area contributed by atoms with Crippen molar-refractivity contribution in [1.29, 1.82) is 0 Å². The third-order valence-electron chi connectivity index (χ3n) is 3.29. The Bertz CT molecular complexity index is 499. The van der Waals surface area contributed by atoms with Crippen LogP contribution in [0.3, 0.4) is 0 Å².